The van der Waals surface area contributed by atoms with E-state index in [1.165, 1.54) is 90.0 Å². The maximum absolute atomic E-state index is 2.29. The summed E-state index contributed by atoms with van der Waals surface area (Å²) in [4.78, 5) is 1.60. The lowest BCUT2D eigenvalue weighted by atomic mass is 10.0. The summed E-state index contributed by atoms with van der Waals surface area (Å²) < 4.78 is 0. The number of hydrogen-bond acceptors (Lipinski definition) is 0. The highest BCUT2D eigenvalue weighted by atomic mass is 79.9. The number of halogens is 2. The zero-order valence-corrected chi connectivity index (χ0v) is 16.5. The van der Waals surface area contributed by atoms with Crippen molar-refractivity contribution in [2.75, 3.05) is 20.6 Å². The minimum atomic E-state index is 0. The lowest BCUT2D eigenvalue weighted by Gasteiger charge is -2.06. The summed E-state index contributed by atoms with van der Waals surface area (Å²) in [6, 6.07) is 0. The highest BCUT2D eigenvalue weighted by Gasteiger charge is 1.95. The fourth-order valence-corrected chi connectivity index (χ4v) is 2.50. The van der Waals surface area contributed by atoms with Gasteiger partial charge in [0, 0.05) is 0 Å². The van der Waals surface area contributed by atoms with Gasteiger partial charge >= 0.3 is 0 Å². The molecule has 0 heterocycles. The molecule has 0 radical (unpaired) electrons. The highest BCUT2D eigenvalue weighted by Crippen LogP contribution is 2.12. The summed E-state index contributed by atoms with van der Waals surface area (Å²) in [6.45, 7) is 3.64. The fraction of sp³-hybridized carbons (Fsp3) is 1.00. The maximum atomic E-state index is 2.29. The molecule has 1 nitrogen and oxygen atoms in total. The summed E-state index contributed by atoms with van der Waals surface area (Å²) >= 11 is 0. The molecule has 0 unspecified atom stereocenters. The Morgan fingerprint density at radius 3 is 1.15 bits per heavy atom. The highest BCUT2D eigenvalue weighted by molar-refractivity contribution is 4.48. The second-order valence-corrected chi connectivity index (χ2v) is 6.20. The van der Waals surface area contributed by atoms with E-state index in [9.17, 15) is 0 Å². The average molecular weight is 372 g/mol. The Bertz CT molecular complexity index is 154. The van der Waals surface area contributed by atoms with Crippen LogP contribution >= 0.6 is 0 Å². The van der Waals surface area contributed by atoms with Crippen LogP contribution in [0, 0.1) is 0 Å². The van der Waals surface area contributed by atoms with Crippen LogP contribution in [0.25, 0.3) is 0 Å². The summed E-state index contributed by atoms with van der Waals surface area (Å²) in [5, 5.41) is 0. The number of quaternary nitrogens is 1. The molecule has 1 N–H and O–H groups in total. The van der Waals surface area contributed by atoms with Gasteiger partial charge in [0.1, 0.15) is 0 Å². The van der Waals surface area contributed by atoms with E-state index in [0.717, 1.165) is 0 Å². The van der Waals surface area contributed by atoms with Crippen molar-refractivity contribution in [1.29, 1.82) is 0 Å². The van der Waals surface area contributed by atoms with Gasteiger partial charge in [0.15, 0.2) is 0 Å². The Morgan fingerprint density at radius 1 is 0.550 bits per heavy atom. The van der Waals surface area contributed by atoms with Crippen molar-refractivity contribution in [2.45, 2.75) is 90.4 Å². The molecular weight excluding hydrogens is 334 g/mol. The Balaban J connectivity index is -0.00000144. The molecule has 0 rings (SSSR count). The fourth-order valence-electron chi connectivity index (χ4n) is 2.50. The van der Waals surface area contributed by atoms with Crippen molar-refractivity contribution in [3.05, 3.63) is 0 Å². The van der Waals surface area contributed by atoms with Gasteiger partial charge in [-0.15, -0.1) is 0 Å². The van der Waals surface area contributed by atoms with Gasteiger partial charge in [-0.25, -0.2) is 0 Å². The van der Waals surface area contributed by atoms with E-state index in [2.05, 4.69) is 21.0 Å². The molecule has 0 saturated heterocycles. The quantitative estimate of drug-likeness (QED) is 0.345. The van der Waals surface area contributed by atoms with Crippen molar-refractivity contribution >= 4 is 0 Å². The Morgan fingerprint density at radius 2 is 0.850 bits per heavy atom. The Hall–Kier alpha value is 0.730. The first-order valence-corrected chi connectivity index (χ1v) is 8.56. The number of hydrogen-bond donors (Lipinski definition) is 1. The van der Waals surface area contributed by atoms with Gasteiger partial charge in [-0.2, -0.15) is 0 Å². The molecular formula is C17H38BrClN-. The smallest absolute Gasteiger partial charge is 0.0766 e. The van der Waals surface area contributed by atoms with Gasteiger partial charge in [0.2, 0.25) is 0 Å². The van der Waals surface area contributed by atoms with Crippen molar-refractivity contribution in [3.63, 3.8) is 0 Å². The lowest BCUT2D eigenvalue weighted by Crippen LogP contribution is -3.05. The van der Waals surface area contributed by atoms with Gasteiger partial charge in [0.05, 0.1) is 20.6 Å². The minimum Gasteiger partial charge on any atom is -1.00 e. The van der Waals surface area contributed by atoms with Crippen molar-refractivity contribution in [2.24, 2.45) is 0 Å². The number of unbranched alkanes of at least 4 members (excludes halogenated alkanes) is 12. The van der Waals surface area contributed by atoms with Gasteiger partial charge in [-0.05, 0) is 12.8 Å². The zero-order chi connectivity index (χ0) is 13.5. The molecule has 0 saturated carbocycles. The predicted octanol–water partition coefficient (Wildman–Crippen LogP) is -1.77. The van der Waals surface area contributed by atoms with E-state index in [-0.39, 0.29) is 29.4 Å². The third kappa shape index (κ3) is 23.8. The minimum absolute atomic E-state index is 0. The molecule has 3 heteroatoms. The molecule has 0 aromatic rings. The maximum Gasteiger partial charge on any atom is 0.0766 e. The van der Waals surface area contributed by atoms with Crippen LogP contribution in [-0.4, -0.2) is 20.6 Å². The molecule has 0 bridgehead atoms. The second-order valence-electron chi connectivity index (χ2n) is 6.20. The third-order valence-corrected chi connectivity index (χ3v) is 3.78. The van der Waals surface area contributed by atoms with Crippen LogP contribution in [0.4, 0.5) is 0 Å². The molecule has 0 amide bonds. The van der Waals surface area contributed by atoms with Crippen LogP contribution in [0.15, 0.2) is 0 Å². The standard InChI is InChI=1S/C17H37N.BrH.ClH/c1-4-5-6-7-8-9-10-11-12-13-14-15-16-17-18(2)3;;/h4-17H2,1-3H3;2*1H/p-1. The molecule has 0 aromatic heterocycles. The number of rotatable bonds is 14. The van der Waals surface area contributed by atoms with Crippen LogP contribution in [0.3, 0.4) is 0 Å². The van der Waals surface area contributed by atoms with Gasteiger partial charge in [0.25, 0.3) is 0 Å². The van der Waals surface area contributed by atoms with Gasteiger partial charge < -0.3 is 34.3 Å². The van der Waals surface area contributed by atoms with Crippen molar-refractivity contribution in [1.82, 2.24) is 0 Å². The average Bonchev–Trinajstić information content (AvgIpc) is 2.34. The number of nitrogens with one attached hydrogen (secondary N) is 1. The normalized spacial score (nSPS) is 10.2. The van der Waals surface area contributed by atoms with E-state index >= 15 is 0 Å². The molecule has 0 fully saturated rings. The van der Waals surface area contributed by atoms with Crippen LogP contribution < -0.4 is 34.3 Å². The first kappa shape index (κ1) is 25.7. The van der Waals surface area contributed by atoms with Crippen molar-refractivity contribution in [3.8, 4) is 0 Å². The first-order chi connectivity index (χ1) is 8.77. The summed E-state index contributed by atoms with van der Waals surface area (Å²) in [7, 11) is 4.50. The van der Waals surface area contributed by atoms with E-state index in [1.54, 1.807) is 4.90 Å². The SMILES string of the molecule is CCCCCCCCCCCCCCC[NH+](C)C.[Br-].[Cl-]. The molecule has 0 atom stereocenters. The molecule has 0 aliphatic heterocycles. The van der Waals surface area contributed by atoms with E-state index < -0.39 is 0 Å². The van der Waals surface area contributed by atoms with Gasteiger partial charge in [-0.1, -0.05) is 77.6 Å². The summed E-state index contributed by atoms with van der Waals surface area (Å²) in [5.74, 6) is 0. The van der Waals surface area contributed by atoms with Crippen molar-refractivity contribution < 1.29 is 34.3 Å². The lowest BCUT2D eigenvalue weighted by molar-refractivity contribution is -0.858. The van der Waals surface area contributed by atoms with E-state index in [4.69, 9.17) is 0 Å². The predicted molar refractivity (Wildman–Crippen MR) is 83.4 cm³/mol. The van der Waals surface area contributed by atoms with Crippen LogP contribution in [0.2, 0.25) is 0 Å². The zero-order valence-electron chi connectivity index (χ0n) is 14.2. The topological polar surface area (TPSA) is 4.44 Å². The van der Waals surface area contributed by atoms with Crippen LogP contribution in [0.5, 0.6) is 0 Å². The second kappa shape index (κ2) is 22.0. The third-order valence-electron chi connectivity index (χ3n) is 3.78. The summed E-state index contributed by atoms with van der Waals surface area (Å²) in [5.41, 5.74) is 0. The first-order valence-electron chi connectivity index (χ1n) is 8.56. The molecule has 20 heavy (non-hydrogen) atoms. The molecule has 0 aromatic carbocycles. The van der Waals surface area contributed by atoms with Crippen LogP contribution in [-0.2, 0) is 0 Å². The molecule has 0 spiro atoms. The monoisotopic (exact) mass is 370 g/mol. The van der Waals surface area contributed by atoms with Gasteiger partial charge in [-0.3, -0.25) is 0 Å². The molecule has 0 aliphatic rings. The Kier molecular flexibility index (Phi) is 28.3. The largest absolute Gasteiger partial charge is 1.00 e. The van der Waals surface area contributed by atoms with E-state index in [1.807, 2.05) is 0 Å². The Labute approximate surface area is 145 Å². The van der Waals surface area contributed by atoms with Crippen LogP contribution in [0.1, 0.15) is 90.4 Å². The van der Waals surface area contributed by atoms with E-state index in [0.29, 0.717) is 0 Å². The molecule has 0 aliphatic carbocycles. The summed E-state index contributed by atoms with van der Waals surface area (Å²) in [6.07, 6.45) is 18.9. The molecule has 126 valence electrons.